The van der Waals surface area contributed by atoms with Crippen molar-refractivity contribution in [2.24, 2.45) is 0 Å². The molecular formula is C33H29P. The molecule has 1 heteroatoms. The molecule has 0 saturated carbocycles. The smallest absolute Gasteiger partial charge is 0.0588 e. The first-order valence-corrected chi connectivity index (χ1v) is 13.4. The minimum atomic E-state index is -0.650. The maximum atomic E-state index is 2.58. The molecule has 34 heavy (non-hydrogen) atoms. The maximum Gasteiger partial charge on any atom is 0.0588 e. The molecule has 0 aliphatic carbocycles. The van der Waals surface area contributed by atoms with Crippen molar-refractivity contribution in [2.75, 3.05) is 0 Å². The molecule has 0 atom stereocenters. The number of rotatable bonds is 3. The monoisotopic (exact) mass is 456 g/mol. The first-order chi connectivity index (χ1) is 16.5. The van der Waals surface area contributed by atoms with Gasteiger partial charge in [0.25, 0.3) is 0 Å². The third-order valence-corrected chi connectivity index (χ3v) is 9.94. The van der Waals surface area contributed by atoms with Crippen molar-refractivity contribution in [3.05, 3.63) is 148 Å². The average molecular weight is 457 g/mol. The van der Waals surface area contributed by atoms with Gasteiger partial charge in [-0.1, -0.05) is 114 Å². The van der Waals surface area contributed by atoms with E-state index in [0.29, 0.717) is 0 Å². The standard InChI is InChI=1S/C33H29P/c1-22-14-16-27(24(3)18-22)31-20-33(26-10-6-5-7-11-26)21-32(28-17-15-23(2)19-25(28)4)34(31)30-13-9-8-12-29(30)33/h5-21H,1-4H3. The predicted molar refractivity (Wildman–Crippen MR) is 148 cm³/mol. The number of hydrogen-bond donors (Lipinski definition) is 0. The fraction of sp³-hybridized carbons (Fsp3) is 0.152. The van der Waals surface area contributed by atoms with Gasteiger partial charge in [0.05, 0.1) is 5.41 Å². The summed E-state index contributed by atoms with van der Waals surface area (Å²) in [6.45, 7) is 8.91. The van der Waals surface area contributed by atoms with Crippen LogP contribution in [0.3, 0.4) is 0 Å². The Balaban J connectivity index is 1.71. The quantitative estimate of drug-likeness (QED) is 0.271. The van der Waals surface area contributed by atoms with E-state index in [9.17, 15) is 0 Å². The number of allylic oxidation sites excluding steroid dienone is 2. The van der Waals surface area contributed by atoms with Gasteiger partial charge < -0.3 is 0 Å². The minimum absolute atomic E-state index is 0.270. The van der Waals surface area contributed by atoms with E-state index in [1.165, 1.54) is 60.4 Å². The Morgan fingerprint density at radius 2 is 1.09 bits per heavy atom. The van der Waals surface area contributed by atoms with Crippen LogP contribution in [0.5, 0.6) is 0 Å². The molecule has 3 aliphatic rings. The van der Waals surface area contributed by atoms with Crippen LogP contribution in [0.15, 0.2) is 103 Å². The van der Waals surface area contributed by atoms with Crippen molar-refractivity contribution in [3.8, 4) is 0 Å². The molecule has 0 N–H and O–H groups in total. The van der Waals surface area contributed by atoms with Crippen molar-refractivity contribution in [2.45, 2.75) is 33.1 Å². The van der Waals surface area contributed by atoms with Gasteiger partial charge in [0, 0.05) is 0 Å². The third kappa shape index (κ3) is 3.17. The average Bonchev–Trinajstić information content (AvgIpc) is 2.84. The molecule has 3 heterocycles. The Morgan fingerprint density at radius 3 is 1.65 bits per heavy atom. The molecule has 4 aromatic rings. The second-order valence-electron chi connectivity index (χ2n) is 9.78. The highest BCUT2D eigenvalue weighted by atomic mass is 31.1. The van der Waals surface area contributed by atoms with Gasteiger partial charge in [-0.15, -0.1) is 0 Å². The van der Waals surface area contributed by atoms with Gasteiger partial charge >= 0.3 is 0 Å². The van der Waals surface area contributed by atoms with Crippen LogP contribution in [0, 0.1) is 27.7 Å². The Hall–Kier alpha value is -3.21. The topological polar surface area (TPSA) is 0 Å². The summed E-state index contributed by atoms with van der Waals surface area (Å²) >= 11 is 0. The van der Waals surface area contributed by atoms with E-state index in [1.54, 1.807) is 0 Å². The minimum Gasteiger partial charge on any atom is -0.0622 e. The Morgan fingerprint density at radius 1 is 0.559 bits per heavy atom. The summed E-state index contributed by atoms with van der Waals surface area (Å²) < 4.78 is 0. The summed E-state index contributed by atoms with van der Waals surface area (Å²) in [5.41, 5.74) is 10.6. The molecule has 3 aliphatic heterocycles. The highest BCUT2D eigenvalue weighted by Gasteiger charge is 2.46. The zero-order valence-electron chi connectivity index (χ0n) is 20.3. The van der Waals surface area contributed by atoms with Crippen LogP contribution in [0.1, 0.15) is 44.5 Å². The Labute approximate surface area is 204 Å². The Bertz CT molecular complexity index is 1420. The fourth-order valence-electron chi connectivity index (χ4n) is 5.80. The van der Waals surface area contributed by atoms with Crippen LogP contribution in [-0.4, -0.2) is 0 Å². The van der Waals surface area contributed by atoms with Gasteiger partial charge in [-0.2, -0.15) is 0 Å². The largest absolute Gasteiger partial charge is 0.0622 e. The van der Waals surface area contributed by atoms with E-state index >= 15 is 0 Å². The van der Waals surface area contributed by atoms with Crippen LogP contribution in [0.4, 0.5) is 0 Å². The lowest BCUT2D eigenvalue weighted by atomic mass is 9.72. The van der Waals surface area contributed by atoms with Crippen LogP contribution < -0.4 is 5.30 Å². The lowest BCUT2D eigenvalue weighted by Gasteiger charge is -2.46. The Kier molecular flexibility index (Phi) is 4.98. The van der Waals surface area contributed by atoms with E-state index in [1.807, 2.05) is 0 Å². The molecule has 0 unspecified atom stereocenters. The second kappa shape index (κ2) is 7.93. The normalized spacial score (nSPS) is 20.5. The molecule has 0 spiro atoms. The molecule has 4 aromatic carbocycles. The summed E-state index contributed by atoms with van der Waals surface area (Å²) in [5, 5.41) is 4.48. The highest BCUT2D eigenvalue weighted by Crippen LogP contribution is 2.70. The van der Waals surface area contributed by atoms with Gasteiger partial charge in [0.1, 0.15) is 0 Å². The lowest BCUT2D eigenvalue weighted by molar-refractivity contribution is 0.821. The van der Waals surface area contributed by atoms with Crippen molar-refractivity contribution in [1.82, 2.24) is 0 Å². The van der Waals surface area contributed by atoms with Crippen LogP contribution >= 0.6 is 7.92 Å². The fourth-order valence-corrected chi connectivity index (χ4v) is 8.96. The van der Waals surface area contributed by atoms with E-state index < -0.39 is 7.92 Å². The molecule has 7 rings (SSSR count). The van der Waals surface area contributed by atoms with Gasteiger partial charge in [-0.25, -0.2) is 0 Å². The molecule has 0 aromatic heterocycles. The first-order valence-electron chi connectivity index (χ1n) is 12.0. The number of benzene rings is 4. The molecule has 0 saturated heterocycles. The molecule has 166 valence electrons. The number of aryl methyl sites for hydroxylation is 4. The summed E-state index contributed by atoms with van der Waals surface area (Å²) in [6, 6.07) is 34.1. The van der Waals surface area contributed by atoms with Crippen LogP contribution in [-0.2, 0) is 5.41 Å². The van der Waals surface area contributed by atoms with Gasteiger partial charge in [0.15, 0.2) is 0 Å². The van der Waals surface area contributed by atoms with Crippen molar-refractivity contribution in [3.63, 3.8) is 0 Å². The van der Waals surface area contributed by atoms with Crippen LogP contribution in [0.25, 0.3) is 10.6 Å². The molecule has 2 bridgehead atoms. The van der Waals surface area contributed by atoms with E-state index in [-0.39, 0.29) is 5.41 Å². The molecule has 0 nitrogen and oxygen atoms in total. The van der Waals surface area contributed by atoms with Crippen molar-refractivity contribution < 1.29 is 0 Å². The van der Waals surface area contributed by atoms with Crippen LogP contribution in [0.2, 0.25) is 0 Å². The maximum absolute atomic E-state index is 2.58. The number of hydrogen-bond acceptors (Lipinski definition) is 0. The molecular weight excluding hydrogens is 427 g/mol. The zero-order chi connectivity index (χ0) is 23.4. The zero-order valence-corrected chi connectivity index (χ0v) is 21.2. The predicted octanol–water partition coefficient (Wildman–Crippen LogP) is 8.42. The molecule has 0 amide bonds. The third-order valence-electron chi connectivity index (χ3n) is 7.37. The van der Waals surface area contributed by atoms with Gasteiger partial charge in [-0.3, -0.25) is 0 Å². The van der Waals surface area contributed by atoms with Gasteiger partial charge in [-0.05, 0) is 84.9 Å². The van der Waals surface area contributed by atoms with E-state index in [2.05, 4.69) is 131 Å². The molecule has 0 fully saturated rings. The summed E-state index contributed by atoms with van der Waals surface area (Å²) in [4.78, 5) is 0. The second-order valence-corrected chi connectivity index (χ2v) is 11.9. The summed E-state index contributed by atoms with van der Waals surface area (Å²) in [7, 11) is -0.650. The summed E-state index contributed by atoms with van der Waals surface area (Å²) in [6.07, 6.45) is 5.17. The van der Waals surface area contributed by atoms with Crippen molar-refractivity contribution in [1.29, 1.82) is 0 Å². The van der Waals surface area contributed by atoms with Crippen molar-refractivity contribution >= 4 is 23.9 Å². The van der Waals surface area contributed by atoms with E-state index in [0.717, 1.165) is 0 Å². The van der Waals surface area contributed by atoms with E-state index in [4.69, 9.17) is 0 Å². The lowest BCUT2D eigenvalue weighted by Crippen LogP contribution is -2.36. The SMILES string of the molecule is Cc1ccc(C2=CC3(c4ccccc4)C=C(c4ccc(C)cc4C)P2c2ccccc23)c(C)c1. The summed E-state index contributed by atoms with van der Waals surface area (Å²) in [5.74, 6) is 0. The molecule has 0 radical (unpaired) electrons. The first kappa shape index (κ1) is 21.3. The van der Waals surface area contributed by atoms with Gasteiger partial charge in [0.2, 0.25) is 0 Å². The highest BCUT2D eigenvalue weighted by molar-refractivity contribution is 7.84.